The summed E-state index contributed by atoms with van der Waals surface area (Å²) in [4.78, 5) is 2.41. The second-order valence-corrected chi connectivity index (χ2v) is 9.48. The van der Waals surface area contributed by atoms with Crippen molar-refractivity contribution >= 4 is 0 Å². The van der Waals surface area contributed by atoms with Crippen molar-refractivity contribution in [1.29, 1.82) is 5.26 Å². The van der Waals surface area contributed by atoms with E-state index in [1.165, 1.54) is 23.8 Å². The lowest BCUT2D eigenvalue weighted by Crippen LogP contribution is -2.39. The van der Waals surface area contributed by atoms with Crippen LogP contribution in [0.5, 0.6) is 0 Å². The third kappa shape index (κ3) is 5.75. The van der Waals surface area contributed by atoms with E-state index in [1.807, 2.05) is 6.07 Å². The molecule has 0 aromatic heterocycles. The maximum atomic E-state index is 14.9. The Morgan fingerprint density at radius 3 is 2.22 bits per heavy atom. The minimum Gasteiger partial charge on any atom is -0.301 e. The lowest BCUT2D eigenvalue weighted by atomic mass is 9.63. The quantitative estimate of drug-likeness (QED) is 0.398. The van der Waals surface area contributed by atoms with Gasteiger partial charge in [-0.25, -0.2) is 8.78 Å². The zero-order chi connectivity index (χ0) is 23.0. The molecule has 0 spiro atoms. The summed E-state index contributed by atoms with van der Waals surface area (Å²) in [7, 11) is 0. The highest BCUT2D eigenvalue weighted by molar-refractivity contribution is 5.36. The summed E-state index contributed by atoms with van der Waals surface area (Å²) in [6, 6.07) is 17.2. The molecule has 1 aliphatic rings. The molecule has 3 rings (SSSR count). The monoisotopic (exact) mass is 438 g/mol. The van der Waals surface area contributed by atoms with Gasteiger partial charge in [0, 0.05) is 18.2 Å². The van der Waals surface area contributed by atoms with Gasteiger partial charge in [-0.2, -0.15) is 5.26 Å². The molecule has 1 aliphatic carbocycles. The molecular weight excluding hydrogens is 402 g/mol. The Labute approximate surface area is 192 Å². The summed E-state index contributed by atoms with van der Waals surface area (Å²) in [5.41, 5.74) is 0.202. The van der Waals surface area contributed by atoms with Crippen LogP contribution in [-0.2, 0) is 11.8 Å². The third-order valence-corrected chi connectivity index (χ3v) is 7.19. The smallest absolute Gasteiger partial charge is 0.130 e. The molecule has 0 amide bonds. The molecule has 0 radical (unpaired) electrons. The van der Waals surface area contributed by atoms with Crippen molar-refractivity contribution in [2.24, 2.45) is 5.92 Å². The van der Waals surface area contributed by atoms with Crippen molar-refractivity contribution in [3.63, 3.8) is 0 Å². The molecule has 1 unspecified atom stereocenters. The van der Waals surface area contributed by atoms with Crippen LogP contribution in [0.1, 0.15) is 69.9 Å². The maximum Gasteiger partial charge on any atom is 0.130 e. The average molecular weight is 439 g/mol. The molecule has 1 fully saturated rings. The van der Waals surface area contributed by atoms with Gasteiger partial charge in [0.05, 0.1) is 11.5 Å². The van der Waals surface area contributed by atoms with E-state index in [-0.39, 0.29) is 11.5 Å². The minimum absolute atomic E-state index is 0.00414. The molecule has 2 aromatic rings. The predicted molar refractivity (Wildman–Crippen MR) is 126 cm³/mol. The predicted octanol–water partition coefficient (Wildman–Crippen LogP) is 7.04. The third-order valence-electron chi connectivity index (χ3n) is 7.19. The molecule has 0 saturated heterocycles. The molecule has 0 N–H and O–H groups in total. The summed E-state index contributed by atoms with van der Waals surface area (Å²) < 4.78 is 29.8. The van der Waals surface area contributed by atoms with Crippen LogP contribution in [0.2, 0.25) is 0 Å². The van der Waals surface area contributed by atoms with Gasteiger partial charge in [-0.15, -0.1) is 0 Å². The van der Waals surface area contributed by atoms with Gasteiger partial charge in [0.15, 0.2) is 0 Å². The fourth-order valence-corrected chi connectivity index (χ4v) is 5.36. The lowest BCUT2D eigenvalue weighted by Gasteiger charge is -2.39. The van der Waals surface area contributed by atoms with Gasteiger partial charge in [-0.05, 0) is 76.1 Å². The topological polar surface area (TPSA) is 27.0 Å². The van der Waals surface area contributed by atoms with Crippen molar-refractivity contribution in [2.75, 3.05) is 13.1 Å². The van der Waals surface area contributed by atoms with Crippen LogP contribution in [0.15, 0.2) is 48.5 Å². The second kappa shape index (κ2) is 11.6. The fourth-order valence-electron chi connectivity index (χ4n) is 5.36. The van der Waals surface area contributed by atoms with Crippen LogP contribution in [0.4, 0.5) is 8.78 Å². The van der Waals surface area contributed by atoms with Gasteiger partial charge in [-0.1, -0.05) is 55.7 Å². The van der Waals surface area contributed by atoms with E-state index in [9.17, 15) is 14.0 Å². The maximum absolute atomic E-state index is 14.9. The van der Waals surface area contributed by atoms with E-state index in [1.54, 1.807) is 0 Å². The first kappa shape index (κ1) is 24.4. The molecule has 2 aromatic carbocycles. The molecule has 0 aliphatic heterocycles. The van der Waals surface area contributed by atoms with Gasteiger partial charge in [0.1, 0.15) is 11.6 Å². The van der Waals surface area contributed by atoms with Crippen LogP contribution in [0, 0.1) is 28.9 Å². The normalized spacial score (nSPS) is 16.8. The molecule has 32 heavy (non-hydrogen) atoms. The highest BCUT2D eigenvalue weighted by Crippen LogP contribution is 2.45. The van der Waals surface area contributed by atoms with E-state index >= 15 is 0 Å². The number of rotatable bonds is 10. The molecule has 0 bridgehead atoms. The van der Waals surface area contributed by atoms with E-state index in [0.29, 0.717) is 12.5 Å². The Morgan fingerprint density at radius 2 is 1.62 bits per heavy atom. The van der Waals surface area contributed by atoms with E-state index in [2.05, 4.69) is 49.1 Å². The molecular formula is C28H36F2N2. The number of benzene rings is 2. The molecule has 4 heteroatoms. The van der Waals surface area contributed by atoms with Crippen LogP contribution in [0.3, 0.4) is 0 Å². The second-order valence-electron chi connectivity index (χ2n) is 9.48. The highest BCUT2D eigenvalue weighted by Gasteiger charge is 2.44. The lowest BCUT2D eigenvalue weighted by molar-refractivity contribution is 0.189. The van der Waals surface area contributed by atoms with E-state index in [4.69, 9.17) is 0 Å². The highest BCUT2D eigenvalue weighted by atomic mass is 19.1. The summed E-state index contributed by atoms with van der Waals surface area (Å²) >= 11 is 0. The van der Waals surface area contributed by atoms with Gasteiger partial charge < -0.3 is 4.90 Å². The molecule has 172 valence electrons. The zero-order valence-electron chi connectivity index (χ0n) is 19.5. The fraction of sp³-hybridized carbons (Fsp3) is 0.536. The van der Waals surface area contributed by atoms with Crippen LogP contribution >= 0.6 is 0 Å². The number of nitriles is 1. The van der Waals surface area contributed by atoms with E-state index < -0.39 is 17.0 Å². The Morgan fingerprint density at radius 1 is 0.969 bits per heavy atom. The number of nitrogens with zero attached hydrogens (tertiary/aromatic N) is 2. The van der Waals surface area contributed by atoms with Crippen LogP contribution < -0.4 is 0 Å². The Kier molecular flexibility index (Phi) is 8.82. The molecule has 1 atom stereocenters. The zero-order valence-corrected chi connectivity index (χ0v) is 19.5. The molecule has 2 nitrogen and oxygen atoms in total. The van der Waals surface area contributed by atoms with Crippen LogP contribution in [0.25, 0.3) is 0 Å². The molecule has 1 saturated carbocycles. The first-order valence-electron chi connectivity index (χ1n) is 12.1. The minimum atomic E-state index is -1.10. The Hall–Kier alpha value is -2.25. The Bertz CT molecular complexity index is 864. The van der Waals surface area contributed by atoms with Gasteiger partial charge in [0.25, 0.3) is 0 Å². The van der Waals surface area contributed by atoms with Crippen molar-refractivity contribution in [1.82, 2.24) is 4.90 Å². The standard InChI is InChI=1S/C28H36F2N2/c1-22(2)32(20-17-23-11-5-3-6-12-23)19-10-18-28(21-31,24-13-7-4-8-14-24)27-25(29)15-9-16-26(27)30/h3,5-6,9,11-12,15-16,22,24H,4,7-8,10,13-14,17-20H2,1-2H3. The molecule has 0 heterocycles. The summed E-state index contributed by atoms with van der Waals surface area (Å²) in [5.74, 6) is -1.16. The van der Waals surface area contributed by atoms with Crippen molar-refractivity contribution in [2.45, 2.75) is 76.7 Å². The van der Waals surface area contributed by atoms with Gasteiger partial charge in [0.2, 0.25) is 0 Å². The number of hydrogen-bond donors (Lipinski definition) is 0. The first-order chi connectivity index (χ1) is 15.5. The van der Waals surface area contributed by atoms with Crippen LogP contribution in [-0.4, -0.2) is 24.0 Å². The first-order valence-corrected chi connectivity index (χ1v) is 12.1. The van der Waals surface area contributed by atoms with Crippen molar-refractivity contribution in [3.8, 4) is 6.07 Å². The number of halogens is 2. The van der Waals surface area contributed by atoms with Crippen molar-refractivity contribution < 1.29 is 8.78 Å². The van der Waals surface area contributed by atoms with E-state index in [0.717, 1.165) is 58.0 Å². The SMILES string of the molecule is CC(C)N(CCCC(C#N)(c1c(F)cccc1F)C1CCCCC1)CCc1ccccc1. The largest absolute Gasteiger partial charge is 0.301 e. The van der Waals surface area contributed by atoms with Gasteiger partial charge >= 0.3 is 0 Å². The van der Waals surface area contributed by atoms with Crippen molar-refractivity contribution in [3.05, 3.63) is 71.3 Å². The summed E-state index contributed by atoms with van der Waals surface area (Å²) in [6.07, 6.45) is 7.11. The van der Waals surface area contributed by atoms with Gasteiger partial charge in [-0.3, -0.25) is 0 Å². The summed E-state index contributed by atoms with van der Waals surface area (Å²) in [5, 5.41) is 10.4. The average Bonchev–Trinajstić information content (AvgIpc) is 2.81. The number of hydrogen-bond acceptors (Lipinski definition) is 2. The Balaban J connectivity index is 1.76. The summed E-state index contributed by atoms with van der Waals surface area (Å²) in [6.45, 7) is 6.11.